The number of amides is 1. The lowest BCUT2D eigenvalue weighted by atomic mass is 10.2. The lowest BCUT2D eigenvalue weighted by Crippen LogP contribution is -2.27. The summed E-state index contributed by atoms with van der Waals surface area (Å²) >= 11 is 0. The molecule has 2 N–H and O–H groups in total. The van der Waals surface area contributed by atoms with Gasteiger partial charge in [-0.25, -0.2) is 4.98 Å². The number of ether oxygens (including phenoxy) is 2. The van der Waals surface area contributed by atoms with Crippen molar-refractivity contribution >= 4 is 17.7 Å². The molecule has 23 heavy (non-hydrogen) atoms. The highest BCUT2D eigenvalue weighted by molar-refractivity contribution is 5.91. The number of rotatable bonds is 8. The van der Waals surface area contributed by atoms with Crippen LogP contribution in [0, 0.1) is 0 Å². The van der Waals surface area contributed by atoms with Gasteiger partial charge in [-0.05, 0) is 6.08 Å². The van der Waals surface area contributed by atoms with Crippen LogP contribution in [0.4, 0.5) is 5.69 Å². The molecule has 1 aromatic heterocycles. The first-order chi connectivity index (χ1) is 11.2. The molecular weight excluding hydrogens is 298 g/mol. The smallest absolute Gasteiger partial charge is 0.244 e. The number of anilines is 1. The molecule has 2 aromatic rings. The minimum atomic E-state index is -0.196. The molecule has 0 saturated heterocycles. The molecule has 0 saturated carbocycles. The number of oxazole rings is 1. The molecule has 1 amide bonds. The molecule has 0 aliphatic rings. The van der Waals surface area contributed by atoms with Crippen LogP contribution in [0.25, 0.3) is 6.08 Å². The van der Waals surface area contributed by atoms with E-state index in [9.17, 15) is 4.79 Å². The third-order valence-electron chi connectivity index (χ3n) is 2.96. The van der Waals surface area contributed by atoms with Gasteiger partial charge in [-0.1, -0.05) is 0 Å². The Morgan fingerprint density at radius 2 is 1.96 bits per heavy atom. The zero-order chi connectivity index (χ0) is 16.5. The number of methoxy groups -OCH3 is 2. The topological polar surface area (TPSA) is 85.6 Å². The number of benzene rings is 1. The van der Waals surface area contributed by atoms with E-state index >= 15 is 0 Å². The minimum absolute atomic E-state index is 0.196. The van der Waals surface area contributed by atoms with Crippen LogP contribution in [0.3, 0.4) is 0 Å². The monoisotopic (exact) mass is 317 g/mol. The normalized spacial score (nSPS) is 10.5. The maximum absolute atomic E-state index is 11.6. The second kappa shape index (κ2) is 8.47. The van der Waals surface area contributed by atoms with Crippen LogP contribution in [0.15, 0.2) is 41.3 Å². The quantitative estimate of drug-likeness (QED) is 0.571. The highest BCUT2D eigenvalue weighted by atomic mass is 16.5. The van der Waals surface area contributed by atoms with Crippen molar-refractivity contribution in [2.75, 3.05) is 32.6 Å². The van der Waals surface area contributed by atoms with Gasteiger partial charge in [0, 0.05) is 43.1 Å². The van der Waals surface area contributed by atoms with Gasteiger partial charge in [-0.2, -0.15) is 0 Å². The van der Waals surface area contributed by atoms with Crippen molar-refractivity contribution in [3.63, 3.8) is 0 Å². The van der Waals surface area contributed by atoms with Crippen molar-refractivity contribution in [1.82, 2.24) is 10.3 Å². The molecule has 0 aliphatic heterocycles. The van der Waals surface area contributed by atoms with Crippen LogP contribution in [-0.4, -0.2) is 38.2 Å². The van der Waals surface area contributed by atoms with Crippen LogP contribution in [0.2, 0.25) is 0 Å². The first kappa shape index (κ1) is 16.4. The number of carbonyl (C=O) groups is 1. The number of aromatic nitrogens is 1. The zero-order valence-corrected chi connectivity index (χ0v) is 13.0. The Morgan fingerprint density at radius 1 is 1.22 bits per heavy atom. The van der Waals surface area contributed by atoms with Crippen molar-refractivity contribution in [1.29, 1.82) is 0 Å². The van der Waals surface area contributed by atoms with Gasteiger partial charge in [0.15, 0.2) is 6.39 Å². The van der Waals surface area contributed by atoms with Crippen molar-refractivity contribution in [2.45, 2.75) is 0 Å². The van der Waals surface area contributed by atoms with Crippen LogP contribution in [0.5, 0.6) is 11.5 Å². The molecule has 2 rings (SSSR count). The van der Waals surface area contributed by atoms with E-state index in [-0.39, 0.29) is 5.91 Å². The highest BCUT2D eigenvalue weighted by Crippen LogP contribution is 2.25. The Morgan fingerprint density at radius 3 is 2.57 bits per heavy atom. The van der Waals surface area contributed by atoms with Crippen LogP contribution in [0.1, 0.15) is 5.69 Å². The average Bonchev–Trinajstić information content (AvgIpc) is 3.10. The summed E-state index contributed by atoms with van der Waals surface area (Å²) in [5.74, 6) is 1.20. The van der Waals surface area contributed by atoms with Gasteiger partial charge in [0.05, 0.1) is 14.2 Å². The standard InChI is InChI=1S/C16H19N3O4/c1-21-14-7-13(8-15(9-14)22-2)17-5-6-18-16(20)4-3-12-10-23-11-19-12/h3-4,7-11,17H,5-6H2,1-2H3,(H,18,20). The Hall–Kier alpha value is -2.96. The fourth-order valence-corrected chi connectivity index (χ4v) is 1.83. The molecule has 0 atom stereocenters. The largest absolute Gasteiger partial charge is 0.497 e. The SMILES string of the molecule is COc1cc(NCCNC(=O)C=Cc2cocn2)cc(OC)c1. The van der Waals surface area contributed by atoms with Crippen molar-refractivity contribution in [3.8, 4) is 11.5 Å². The number of nitrogens with zero attached hydrogens (tertiary/aromatic N) is 1. The highest BCUT2D eigenvalue weighted by Gasteiger charge is 2.01. The van der Waals surface area contributed by atoms with Gasteiger partial charge in [0.25, 0.3) is 0 Å². The summed E-state index contributed by atoms with van der Waals surface area (Å²) in [6, 6.07) is 5.51. The molecule has 7 nitrogen and oxygen atoms in total. The molecule has 0 spiro atoms. The summed E-state index contributed by atoms with van der Waals surface area (Å²) in [6.07, 6.45) is 5.76. The molecule has 1 heterocycles. The third-order valence-corrected chi connectivity index (χ3v) is 2.96. The molecule has 0 bridgehead atoms. The maximum atomic E-state index is 11.6. The average molecular weight is 317 g/mol. The van der Waals surface area contributed by atoms with E-state index in [2.05, 4.69) is 15.6 Å². The summed E-state index contributed by atoms with van der Waals surface area (Å²) in [5.41, 5.74) is 1.45. The second-order valence-corrected chi connectivity index (χ2v) is 4.57. The van der Waals surface area contributed by atoms with Crippen LogP contribution >= 0.6 is 0 Å². The van der Waals surface area contributed by atoms with Crippen molar-refractivity contribution in [2.24, 2.45) is 0 Å². The summed E-state index contributed by atoms with van der Waals surface area (Å²) in [6.45, 7) is 1.04. The van der Waals surface area contributed by atoms with Crippen molar-refractivity contribution in [3.05, 3.63) is 42.6 Å². The van der Waals surface area contributed by atoms with Crippen LogP contribution in [-0.2, 0) is 4.79 Å². The molecular formula is C16H19N3O4. The fraction of sp³-hybridized carbons (Fsp3) is 0.250. The maximum Gasteiger partial charge on any atom is 0.244 e. The number of hydrogen-bond donors (Lipinski definition) is 2. The van der Waals surface area contributed by atoms with Gasteiger partial charge in [-0.3, -0.25) is 4.79 Å². The van der Waals surface area contributed by atoms with Crippen LogP contribution < -0.4 is 20.1 Å². The zero-order valence-electron chi connectivity index (χ0n) is 13.0. The fourth-order valence-electron chi connectivity index (χ4n) is 1.83. The van der Waals surface area contributed by atoms with Gasteiger partial charge >= 0.3 is 0 Å². The Labute approximate surface area is 134 Å². The molecule has 0 aliphatic carbocycles. The first-order valence-corrected chi connectivity index (χ1v) is 7.02. The number of hydrogen-bond acceptors (Lipinski definition) is 6. The molecule has 0 unspecified atom stereocenters. The van der Waals surface area contributed by atoms with E-state index in [0.29, 0.717) is 30.3 Å². The van der Waals surface area contributed by atoms with Gasteiger partial charge in [0.1, 0.15) is 23.5 Å². The number of nitrogens with one attached hydrogen (secondary N) is 2. The summed E-state index contributed by atoms with van der Waals surface area (Å²) in [7, 11) is 3.19. The van der Waals surface area contributed by atoms with E-state index in [0.717, 1.165) is 5.69 Å². The molecule has 122 valence electrons. The van der Waals surface area contributed by atoms with Crippen molar-refractivity contribution < 1.29 is 18.7 Å². The Kier molecular flexibility index (Phi) is 6.05. The third kappa shape index (κ3) is 5.39. The second-order valence-electron chi connectivity index (χ2n) is 4.57. The molecule has 7 heteroatoms. The van der Waals surface area contributed by atoms with E-state index in [1.54, 1.807) is 26.4 Å². The molecule has 0 fully saturated rings. The van der Waals surface area contributed by atoms with E-state index in [1.807, 2.05) is 12.1 Å². The first-order valence-electron chi connectivity index (χ1n) is 7.02. The van der Waals surface area contributed by atoms with Gasteiger partial charge in [-0.15, -0.1) is 0 Å². The Bertz CT molecular complexity index is 631. The van der Waals surface area contributed by atoms with Gasteiger partial charge in [0.2, 0.25) is 5.91 Å². The van der Waals surface area contributed by atoms with E-state index < -0.39 is 0 Å². The van der Waals surface area contributed by atoms with Gasteiger partial charge < -0.3 is 24.5 Å². The lowest BCUT2D eigenvalue weighted by Gasteiger charge is -2.10. The molecule has 1 aromatic carbocycles. The Balaban J connectivity index is 1.75. The summed E-state index contributed by atoms with van der Waals surface area (Å²) in [5, 5.41) is 5.96. The summed E-state index contributed by atoms with van der Waals surface area (Å²) in [4.78, 5) is 15.5. The predicted octanol–water partition coefficient (Wildman–Crippen LogP) is 1.93. The summed E-state index contributed by atoms with van der Waals surface area (Å²) < 4.78 is 15.2. The van der Waals surface area contributed by atoms with E-state index in [1.165, 1.54) is 18.7 Å². The molecule has 0 radical (unpaired) electrons. The predicted molar refractivity (Wildman–Crippen MR) is 86.6 cm³/mol. The lowest BCUT2D eigenvalue weighted by molar-refractivity contribution is -0.116. The number of carbonyl (C=O) groups excluding carboxylic acids is 1. The minimum Gasteiger partial charge on any atom is -0.497 e. The van der Waals surface area contributed by atoms with E-state index in [4.69, 9.17) is 13.9 Å².